The number of amides is 2. The van der Waals surface area contributed by atoms with Gasteiger partial charge < -0.3 is 10.2 Å². The lowest BCUT2D eigenvalue weighted by Crippen LogP contribution is -2.53. The molecule has 230 valence electrons. The topological polar surface area (TPSA) is 86.8 Å². The van der Waals surface area contributed by atoms with Crippen LogP contribution in [0.4, 0.5) is 5.69 Å². The lowest BCUT2D eigenvalue weighted by molar-refractivity contribution is -0.139. The quantitative estimate of drug-likeness (QED) is 0.180. The number of benzene rings is 4. The third kappa shape index (κ3) is 8.06. The van der Waals surface area contributed by atoms with Crippen molar-refractivity contribution >= 4 is 73.9 Å². The molecule has 0 aliphatic heterocycles. The van der Waals surface area contributed by atoms with E-state index < -0.39 is 34.4 Å². The van der Waals surface area contributed by atoms with Crippen molar-refractivity contribution in [3.8, 4) is 0 Å². The number of sulfonamides is 1. The van der Waals surface area contributed by atoms with E-state index in [1.807, 2.05) is 37.3 Å². The van der Waals surface area contributed by atoms with Crippen molar-refractivity contribution < 1.29 is 18.0 Å². The first kappa shape index (κ1) is 33.6. The molecule has 44 heavy (non-hydrogen) atoms. The minimum absolute atomic E-state index is 0.0159. The van der Waals surface area contributed by atoms with Crippen LogP contribution < -0.4 is 9.62 Å². The lowest BCUT2D eigenvalue weighted by atomic mass is 10.0. The number of likely N-dealkylation sites (N-methyl/N-ethyl adjacent to an activating group) is 1. The third-order valence-corrected chi connectivity index (χ3v) is 9.99. The summed E-state index contributed by atoms with van der Waals surface area (Å²) in [5, 5.41) is 3.53. The zero-order valence-electron chi connectivity index (χ0n) is 23.8. The normalized spacial score (nSPS) is 12.0. The van der Waals surface area contributed by atoms with Gasteiger partial charge in [0.25, 0.3) is 10.0 Å². The van der Waals surface area contributed by atoms with Crippen LogP contribution in [0.2, 0.25) is 20.1 Å². The van der Waals surface area contributed by atoms with Crippen molar-refractivity contribution in [3.63, 3.8) is 0 Å². The number of hydrogen-bond acceptors (Lipinski definition) is 4. The highest BCUT2D eigenvalue weighted by molar-refractivity contribution is 7.92. The molecule has 1 unspecified atom stereocenters. The summed E-state index contributed by atoms with van der Waals surface area (Å²) in [5.41, 5.74) is 2.26. The number of carbonyl (C=O) groups is 2. The summed E-state index contributed by atoms with van der Waals surface area (Å²) in [5.74, 6) is -1.09. The van der Waals surface area contributed by atoms with Crippen LogP contribution in [-0.2, 0) is 32.6 Å². The van der Waals surface area contributed by atoms with Gasteiger partial charge in [0.2, 0.25) is 11.8 Å². The molecule has 0 aromatic heterocycles. The Bertz CT molecular complexity index is 1750. The fourth-order valence-corrected chi connectivity index (χ4v) is 6.76. The summed E-state index contributed by atoms with van der Waals surface area (Å²) >= 11 is 25.2. The molecule has 4 aromatic carbocycles. The number of nitrogens with one attached hydrogen (secondary N) is 1. The number of anilines is 1. The van der Waals surface area contributed by atoms with Gasteiger partial charge in [0.05, 0.1) is 25.7 Å². The van der Waals surface area contributed by atoms with E-state index in [9.17, 15) is 18.0 Å². The van der Waals surface area contributed by atoms with Crippen LogP contribution in [-0.4, -0.2) is 44.8 Å². The number of hydrogen-bond donors (Lipinski definition) is 1. The van der Waals surface area contributed by atoms with Crippen LogP contribution >= 0.6 is 46.4 Å². The van der Waals surface area contributed by atoms with Crippen molar-refractivity contribution in [1.29, 1.82) is 0 Å². The van der Waals surface area contributed by atoms with E-state index in [1.165, 1.54) is 42.3 Å². The highest BCUT2D eigenvalue weighted by Gasteiger charge is 2.35. The summed E-state index contributed by atoms with van der Waals surface area (Å²) < 4.78 is 29.1. The van der Waals surface area contributed by atoms with E-state index >= 15 is 0 Å². The van der Waals surface area contributed by atoms with Gasteiger partial charge in [-0.05, 0) is 60.5 Å². The average molecular weight is 693 g/mol. The van der Waals surface area contributed by atoms with Gasteiger partial charge in [-0.3, -0.25) is 13.9 Å². The molecule has 1 N–H and O–H groups in total. The van der Waals surface area contributed by atoms with Gasteiger partial charge in [0.15, 0.2) is 0 Å². The first-order valence-electron chi connectivity index (χ1n) is 13.4. The molecular formula is C32H29Cl4N3O4S. The Balaban J connectivity index is 1.83. The van der Waals surface area contributed by atoms with E-state index in [0.29, 0.717) is 10.6 Å². The number of halogens is 4. The molecule has 0 aliphatic rings. The van der Waals surface area contributed by atoms with Crippen LogP contribution in [0.25, 0.3) is 0 Å². The first-order valence-corrected chi connectivity index (χ1v) is 16.4. The molecule has 12 heteroatoms. The molecule has 2 amide bonds. The van der Waals surface area contributed by atoms with E-state index in [2.05, 4.69) is 5.32 Å². The van der Waals surface area contributed by atoms with Crippen molar-refractivity contribution in [2.75, 3.05) is 17.9 Å². The Hall–Kier alpha value is -3.27. The number of nitrogens with zero attached hydrogens (tertiary/aromatic N) is 2. The van der Waals surface area contributed by atoms with E-state index in [0.717, 1.165) is 15.4 Å². The van der Waals surface area contributed by atoms with Crippen LogP contribution in [0.1, 0.15) is 16.7 Å². The molecule has 0 saturated carbocycles. The molecule has 7 nitrogen and oxygen atoms in total. The van der Waals surface area contributed by atoms with Crippen molar-refractivity contribution in [2.24, 2.45) is 0 Å². The fraction of sp³-hybridized carbons (Fsp3) is 0.188. The minimum atomic E-state index is -4.33. The predicted molar refractivity (Wildman–Crippen MR) is 177 cm³/mol. The van der Waals surface area contributed by atoms with Gasteiger partial charge in [-0.25, -0.2) is 8.42 Å². The maximum atomic E-state index is 14.4. The van der Waals surface area contributed by atoms with Gasteiger partial charge in [-0.1, -0.05) is 100 Å². The second-order valence-electron chi connectivity index (χ2n) is 10.0. The van der Waals surface area contributed by atoms with Crippen molar-refractivity contribution in [2.45, 2.75) is 30.8 Å². The molecule has 0 saturated heterocycles. The Kier molecular flexibility index (Phi) is 11.2. The molecular weight excluding hydrogens is 664 g/mol. The Morgan fingerprint density at radius 2 is 1.45 bits per heavy atom. The SMILES string of the molecule is CNC(=O)C(Cc1ccccc1)N(Cc1ccc(Cl)c(Cl)c1)C(=O)CN(c1cc(Cl)ccc1Cl)S(=O)(=O)c1ccc(C)cc1. The highest BCUT2D eigenvalue weighted by atomic mass is 35.5. The van der Waals surface area contributed by atoms with E-state index in [4.69, 9.17) is 46.4 Å². The van der Waals surface area contributed by atoms with Gasteiger partial charge in [-0.2, -0.15) is 0 Å². The van der Waals surface area contributed by atoms with Gasteiger partial charge in [0.1, 0.15) is 12.6 Å². The summed E-state index contributed by atoms with van der Waals surface area (Å²) in [6.45, 7) is 1.08. The maximum Gasteiger partial charge on any atom is 0.264 e. The lowest BCUT2D eigenvalue weighted by Gasteiger charge is -2.34. The molecule has 1 atom stereocenters. The van der Waals surface area contributed by atoms with Crippen LogP contribution in [0.15, 0.2) is 95.9 Å². The number of carbonyl (C=O) groups excluding carboxylic acids is 2. The average Bonchev–Trinajstić information content (AvgIpc) is 3.01. The Labute approximate surface area is 277 Å². The van der Waals surface area contributed by atoms with Crippen LogP contribution in [0.3, 0.4) is 0 Å². The number of aryl methyl sites for hydroxylation is 1. The third-order valence-electron chi connectivity index (χ3n) is 6.92. The standard InChI is InChI=1S/C32H29Cl4N3O4S/c1-21-8-12-25(13-9-21)44(42,43)39(29-18-24(33)11-15-27(29)35)20-31(40)38(19-23-10-14-26(34)28(36)16-23)30(32(41)37-2)17-22-6-4-3-5-7-22/h3-16,18,30H,17,19-20H2,1-2H3,(H,37,41). The van der Waals surface area contributed by atoms with Gasteiger partial charge >= 0.3 is 0 Å². The maximum absolute atomic E-state index is 14.4. The van der Waals surface area contributed by atoms with Crippen molar-refractivity contribution in [3.05, 3.63) is 128 Å². The molecule has 0 fully saturated rings. The molecule has 0 heterocycles. The molecule has 4 aromatic rings. The highest BCUT2D eigenvalue weighted by Crippen LogP contribution is 2.33. The second kappa shape index (κ2) is 14.7. The molecule has 0 aliphatic carbocycles. The Morgan fingerprint density at radius 1 is 0.795 bits per heavy atom. The smallest absolute Gasteiger partial charge is 0.264 e. The second-order valence-corrected chi connectivity index (χ2v) is 13.5. The molecule has 0 spiro atoms. The summed E-state index contributed by atoms with van der Waals surface area (Å²) in [6.07, 6.45) is 0.163. The molecule has 0 bridgehead atoms. The monoisotopic (exact) mass is 691 g/mol. The summed E-state index contributed by atoms with van der Waals surface area (Å²) in [7, 11) is -2.86. The molecule has 4 rings (SSSR count). The predicted octanol–water partition coefficient (Wildman–Crippen LogP) is 7.19. The van der Waals surface area contributed by atoms with Gasteiger partial charge in [0, 0.05) is 25.0 Å². The Morgan fingerprint density at radius 3 is 2.09 bits per heavy atom. The zero-order chi connectivity index (χ0) is 32.0. The molecule has 0 radical (unpaired) electrons. The van der Waals surface area contributed by atoms with Crippen LogP contribution in [0, 0.1) is 6.92 Å². The largest absolute Gasteiger partial charge is 0.357 e. The minimum Gasteiger partial charge on any atom is -0.357 e. The van der Waals surface area contributed by atoms with Gasteiger partial charge in [-0.15, -0.1) is 0 Å². The zero-order valence-corrected chi connectivity index (χ0v) is 27.6. The van der Waals surface area contributed by atoms with Crippen LogP contribution in [0.5, 0.6) is 0 Å². The summed E-state index contributed by atoms with van der Waals surface area (Å²) in [4.78, 5) is 29.0. The number of rotatable bonds is 11. The fourth-order valence-electron chi connectivity index (χ4n) is 4.58. The first-order chi connectivity index (χ1) is 20.9. The van der Waals surface area contributed by atoms with E-state index in [1.54, 1.807) is 30.3 Å². The van der Waals surface area contributed by atoms with Crippen molar-refractivity contribution in [1.82, 2.24) is 10.2 Å². The summed E-state index contributed by atoms with van der Waals surface area (Å²) in [6, 6.07) is 23.6. The van der Waals surface area contributed by atoms with E-state index in [-0.39, 0.29) is 38.6 Å².